The van der Waals surface area contributed by atoms with E-state index in [-0.39, 0.29) is 6.54 Å². The summed E-state index contributed by atoms with van der Waals surface area (Å²) in [5.41, 5.74) is 8.61. The van der Waals surface area contributed by atoms with E-state index in [4.69, 9.17) is 5.73 Å². The number of aliphatic hydroxyl groups excluding tert-OH is 2. The standard InChI is InChI=1S/C25H25F3N4O3/c26-25(27,28)18-5-7-19(8-6-18)32-11-10-31(14-24(29)35)13-17-12-16(4-9-22(17)32)20-2-1-3-21(30-20)23(34)15-33/h1-9,12,23,33-34H,10-11,13-15H2,(H2,29,35). The average molecular weight is 486 g/mol. The molecule has 0 saturated carbocycles. The predicted molar refractivity (Wildman–Crippen MR) is 125 cm³/mol. The molecular weight excluding hydrogens is 461 g/mol. The van der Waals surface area contributed by atoms with E-state index in [2.05, 4.69) is 4.98 Å². The van der Waals surface area contributed by atoms with Crippen LogP contribution in [0.5, 0.6) is 0 Å². The molecule has 0 saturated heterocycles. The average Bonchev–Trinajstić information content (AvgIpc) is 3.01. The molecule has 1 unspecified atom stereocenters. The van der Waals surface area contributed by atoms with Crippen molar-refractivity contribution < 1.29 is 28.2 Å². The maximum Gasteiger partial charge on any atom is 0.416 e. The van der Waals surface area contributed by atoms with Gasteiger partial charge in [-0.3, -0.25) is 9.69 Å². The maximum absolute atomic E-state index is 13.0. The Labute approximate surface area is 200 Å². The number of alkyl halides is 3. The summed E-state index contributed by atoms with van der Waals surface area (Å²) in [6.45, 7) is 0.916. The van der Waals surface area contributed by atoms with Gasteiger partial charge in [0.2, 0.25) is 5.91 Å². The number of amides is 1. The molecule has 1 aliphatic heterocycles. The Morgan fingerprint density at radius 2 is 1.83 bits per heavy atom. The molecule has 2 heterocycles. The van der Waals surface area contributed by atoms with Gasteiger partial charge in [-0.2, -0.15) is 13.2 Å². The maximum atomic E-state index is 13.0. The van der Waals surface area contributed by atoms with Crippen molar-refractivity contribution in [2.75, 3.05) is 31.1 Å². The molecule has 10 heteroatoms. The summed E-state index contributed by atoms with van der Waals surface area (Å²) in [5.74, 6) is -0.474. The lowest BCUT2D eigenvalue weighted by molar-refractivity contribution is -0.137. The zero-order valence-electron chi connectivity index (χ0n) is 18.7. The number of hydrogen-bond donors (Lipinski definition) is 3. The van der Waals surface area contributed by atoms with E-state index < -0.39 is 30.4 Å². The lowest BCUT2D eigenvalue weighted by atomic mass is 10.0. The van der Waals surface area contributed by atoms with Crippen LogP contribution in [0.1, 0.15) is 22.9 Å². The van der Waals surface area contributed by atoms with Crippen LogP contribution in [0, 0.1) is 0 Å². The molecule has 2 aromatic carbocycles. The Bertz CT molecular complexity index is 1200. The van der Waals surface area contributed by atoms with E-state index in [0.717, 1.165) is 28.9 Å². The lowest BCUT2D eigenvalue weighted by Gasteiger charge is -2.25. The normalized spacial score (nSPS) is 15.4. The fourth-order valence-electron chi connectivity index (χ4n) is 4.16. The Morgan fingerprint density at radius 1 is 1.09 bits per heavy atom. The number of nitrogens with two attached hydrogens (primary N) is 1. The van der Waals surface area contributed by atoms with Gasteiger partial charge < -0.3 is 20.8 Å². The van der Waals surface area contributed by atoms with E-state index in [0.29, 0.717) is 36.7 Å². The molecule has 7 nitrogen and oxygen atoms in total. The minimum absolute atomic E-state index is 0.0426. The number of halogens is 3. The monoisotopic (exact) mass is 486 g/mol. The number of carbonyl (C=O) groups is 1. The molecule has 0 radical (unpaired) electrons. The van der Waals surface area contributed by atoms with Gasteiger partial charge in [-0.25, -0.2) is 4.98 Å². The second-order valence-corrected chi connectivity index (χ2v) is 8.36. The van der Waals surface area contributed by atoms with Crippen LogP contribution < -0.4 is 10.6 Å². The SMILES string of the molecule is NC(=O)CN1CCN(c2ccc(C(F)(F)F)cc2)c2ccc(-c3cccc(C(O)CO)n3)cc2C1. The van der Waals surface area contributed by atoms with Crippen molar-refractivity contribution in [3.8, 4) is 11.3 Å². The third-order valence-corrected chi connectivity index (χ3v) is 5.87. The third-order valence-electron chi connectivity index (χ3n) is 5.87. The Morgan fingerprint density at radius 3 is 2.49 bits per heavy atom. The summed E-state index contributed by atoms with van der Waals surface area (Å²) < 4.78 is 39.1. The van der Waals surface area contributed by atoms with E-state index in [1.165, 1.54) is 12.1 Å². The molecule has 4 rings (SSSR count). The Balaban J connectivity index is 1.74. The highest BCUT2D eigenvalue weighted by Crippen LogP contribution is 2.36. The summed E-state index contributed by atoms with van der Waals surface area (Å²) in [4.78, 5) is 19.8. The quantitative estimate of drug-likeness (QED) is 0.495. The number of aliphatic hydroxyl groups is 2. The third kappa shape index (κ3) is 5.61. The van der Waals surface area contributed by atoms with Crippen LogP contribution in [0.4, 0.5) is 24.5 Å². The Hall–Kier alpha value is -3.47. The minimum Gasteiger partial charge on any atom is -0.393 e. The highest BCUT2D eigenvalue weighted by Gasteiger charge is 2.30. The number of aromatic nitrogens is 1. The molecule has 4 N–H and O–H groups in total. The van der Waals surface area contributed by atoms with Crippen molar-refractivity contribution in [3.63, 3.8) is 0 Å². The van der Waals surface area contributed by atoms with Crippen LogP contribution in [0.25, 0.3) is 11.3 Å². The number of hydrogen-bond acceptors (Lipinski definition) is 6. The van der Waals surface area contributed by atoms with Crippen LogP contribution >= 0.6 is 0 Å². The smallest absolute Gasteiger partial charge is 0.393 e. The molecular formula is C25H25F3N4O3. The van der Waals surface area contributed by atoms with Crippen molar-refractivity contribution in [2.45, 2.75) is 18.8 Å². The van der Waals surface area contributed by atoms with Gasteiger partial charge in [0.15, 0.2) is 0 Å². The molecule has 35 heavy (non-hydrogen) atoms. The first-order valence-corrected chi connectivity index (χ1v) is 11.0. The number of carbonyl (C=O) groups excluding carboxylic acids is 1. The number of fused-ring (bicyclic) bond motifs is 1. The predicted octanol–water partition coefficient (Wildman–Crippen LogP) is 3.23. The van der Waals surface area contributed by atoms with Gasteiger partial charge in [-0.15, -0.1) is 0 Å². The lowest BCUT2D eigenvalue weighted by Crippen LogP contribution is -2.36. The van der Waals surface area contributed by atoms with Gasteiger partial charge >= 0.3 is 6.18 Å². The van der Waals surface area contributed by atoms with Gasteiger partial charge in [0.1, 0.15) is 6.10 Å². The molecule has 1 atom stereocenters. The van der Waals surface area contributed by atoms with Crippen molar-refractivity contribution in [1.29, 1.82) is 0 Å². The molecule has 3 aromatic rings. The van der Waals surface area contributed by atoms with Gasteiger partial charge in [-0.1, -0.05) is 12.1 Å². The number of anilines is 2. The first kappa shape index (κ1) is 24.6. The number of rotatable bonds is 6. The van der Waals surface area contributed by atoms with Gasteiger partial charge in [0.25, 0.3) is 0 Å². The van der Waals surface area contributed by atoms with Crippen LogP contribution in [0.15, 0.2) is 60.7 Å². The first-order chi connectivity index (χ1) is 16.7. The van der Waals surface area contributed by atoms with Crippen LogP contribution in [-0.4, -0.2) is 52.2 Å². The largest absolute Gasteiger partial charge is 0.416 e. The van der Waals surface area contributed by atoms with Crippen molar-refractivity contribution >= 4 is 17.3 Å². The van der Waals surface area contributed by atoms with Crippen molar-refractivity contribution in [1.82, 2.24) is 9.88 Å². The fraction of sp³-hybridized carbons (Fsp3) is 0.280. The number of primary amides is 1. The van der Waals surface area contributed by atoms with Gasteiger partial charge in [0.05, 0.1) is 30.1 Å². The van der Waals surface area contributed by atoms with Gasteiger partial charge in [0, 0.05) is 36.6 Å². The number of pyridine rings is 1. The molecule has 1 aliphatic rings. The summed E-state index contributed by atoms with van der Waals surface area (Å²) in [6, 6.07) is 15.7. The molecule has 1 aromatic heterocycles. The zero-order chi connectivity index (χ0) is 25.2. The second-order valence-electron chi connectivity index (χ2n) is 8.36. The summed E-state index contributed by atoms with van der Waals surface area (Å²) >= 11 is 0. The van der Waals surface area contributed by atoms with Crippen LogP contribution in [0.2, 0.25) is 0 Å². The summed E-state index contributed by atoms with van der Waals surface area (Å²) in [5, 5.41) is 19.2. The topological polar surface area (TPSA) is 103 Å². The van der Waals surface area contributed by atoms with E-state index in [1.807, 2.05) is 28.0 Å². The highest BCUT2D eigenvalue weighted by atomic mass is 19.4. The van der Waals surface area contributed by atoms with Gasteiger partial charge in [-0.05, 0) is 54.1 Å². The molecule has 0 aliphatic carbocycles. The minimum atomic E-state index is -4.42. The molecule has 0 fully saturated rings. The van der Waals surface area contributed by atoms with Crippen LogP contribution in [0.3, 0.4) is 0 Å². The fourth-order valence-corrected chi connectivity index (χ4v) is 4.16. The Kier molecular flexibility index (Phi) is 7.06. The number of nitrogens with zero attached hydrogens (tertiary/aromatic N) is 3. The molecule has 0 spiro atoms. The van der Waals surface area contributed by atoms with E-state index in [1.54, 1.807) is 18.2 Å². The summed E-state index contributed by atoms with van der Waals surface area (Å²) in [6.07, 6.45) is -5.52. The molecule has 0 bridgehead atoms. The molecule has 1 amide bonds. The zero-order valence-corrected chi connectivity index (χ0v) is 18.7. The summed E-state index contributed by atoms with van der Waals surface area (Å²) in [7, 11) is 0. The van der Waals surface area contributed by atoms with Crippen LogP contribution in [-0.2, 0) is 17.5 Å². The molecule has 184 valence electrons. The second kappa shape index (κ2) is 10.0. The van der Waals surface area contributed by atoms with Crippen molar-refractivity contribution in [2.24, 2.45) is 5.73 Å². The van der Waals surface area contributed by atoms with Crippen molar-refractivity contribution in [3.05, 3.63) is 77.5 Å². The van der Waals surface area contributed by atoms with E-state index in [9.17, 15) is 28.2 Å². The highest BCUT2D eigenvalue weighted by molar-refractivity contribution is 5.76. The first-order valence-electron chi connectivity index (χ1n) is 11.0. The van der Waals surface area contributed by atoms with E-state index >= 15 is 0 Å². The number of benzene rings is 2.